The van der Waals surface area contributed by atoms with Crippen LogP contribution in [0.4, 0.5) is 0 Å². The molecule has 2 aromatic rings. The number of hydrogen-bond donors (Lipinski definition) is 2. The standard InChI is InChI=1S/2C7H10O7P2.W/c2*8-7(15(9,10)11)16(12,13)14-6-4-2-1-3-5-6;/h2*1-5,7-8H,(H,12,13)(H2,9,10,11);/p-6. The largest absolute Gasteiger partial charge is 0.809 e. The van der Waals surface area contributed by atoms with Crippen molar-refractivity contribution in [3.63, 3.8) is 0 Å². The molecule has 33 heavy (non-hydrogen) atoms. The molecule has 2 N–H and O–H groups in total. The van der Waals surface area contributed by atoms with Gasteiger partial charge in [0.15, 0.2) is 11.2 Å². The van der Waals surface area contributed by atoms with E-state index in [0.29, 0.717) is 0 Å². The van der Waals surface area contributed by atoms with Crippen LogP contribution in [-0.4, -0.2) is 21.4 Å². The van der Waals surface area contributed by atoms with Gasteiger partial charge in [-0.3, -0.25) is 9.13 Å². The first-order chi connectivity index (χ1) is 14.5. The molecule has 4 atom stereocenters. The fraction of sp³-hybridized carbons (Fsp3) is 0.143. The molecule has 0 saturated heterocycles. The van der Waals surface area contributed by atoms with Gasteiger partial charge in [0, 0.05) is 21.1 Å². The van der Waals surface area contributed by atoms with Gasteiger partial charge in [-0.1, -0.05) is 36.4 Å². The molecule has 0 saturated carbocycles. The number of benzene rings is 2. The quantitative estimate of drug-likeness (QED) is 0.271. The Kier molecular flexibility index (Phi) is 12.6. The SMILES string of the molecule is O=P([O-])([O-])C(O)P(=O)([O-])Oc1ccccc1.O=P([O-])([O-])C(O)P(=O)([O-])Oc1ccccc1.[W]. The molecule has 2 rings (SSSR count). The molecular weight excluding hydrogens is 700 g/mol. The molecule has 14 nitrogen and oxygen atoms in total. The normalized spacial score (nSPS) is 17.0. The van der Waals surface area contributed by atoms with Crippen LogP contribution in [0.1, 0.15) is 0 Å². The molecule has 19 heteroatoms. The van der Waals surface area contributed by atoms with Crippen molar-refractivity contribution in [2.75, 3.05) is 0 Å². The molecule has 0 aliphatic rings. The molecule has 0 heterocycles. The molecule has 0 aliphatic carbocycles. The van der Waals surface area contributed by atoms with Crippen molar-refractivity contribution >= 4 is 30.4 Å². The van der Waals surface area contributed by atoms with E-state index in [9.17, 15) is 47.6 Å². The van der Waals surface area contributed by atoms with Gasteiger partial charge in [-0.05, 0) is 39.5 Å². The predicted molar refractivity (Wildman–Crippen MR) is 96.6 cm³/mol. The van der Waals surface area contributed by atoms with Crippen LogP contribution in [0, 0.1) is 0 Å². The van der Waals surface area contributed by atoms with Crippen LogP contribution in [0.2, 0.25) is 0 Å². The van der Waals surface area contributed by atoms with Crippen LogP contribution in [0.25, 0.3) is 0 Å². The molecule has 186 valence electrons. The fourth-order valence-electron chi connectivity index (χ4n) is 1.70. The molecule has 0 aliphatic heterocycles. The maximum absolute atomic E-state index is 11.1. The van der Waals surface area contributed by atoms with E-state index in [1.807, 2.05) is 0 Å². The fourth-order valence-corrected chi connectivity index (χ4v) is 5.77. The van der Waals surface area contributed by atoms with Crippen molar-refractivity contribution < 1.29 is 87.9 Å². The predicted octanol–water partition coefficient (Wildman–Crippen LogP) is -2.39. The van der Waals surface area contributed by atoms with E-state index >= 15 is 0 Å². The number of para-hydroxylation sites is 2. The Hall–Kier alpha value is -0.672. The third-order valence-corrected chi connectivity index (χ3v) is 9.67. The zero-order valence-corrected chi connectivity index (χ0v) is 22.4. The minimum absolute atomic E-state index is 0. The second kappa shape index (κ2) is 12.9. The first-order valence-electron chi connectivity index (χ1n) is 7.97. The van der Waals surface area contributed by atoms with Crippen molar-refractivity contribution in [2.24, 2.45) is 0 Å². The number of hydrogen-bond acceptors (Lipinski definition) is 14. The van der Waals surface area contributed by atoms with Crippen molar-refractivity contribution in [1.82, 2.24) is 0 Å². The monoisotopic (exact) mass is 714 g/mol. The van der Waals surface area contributed by atoms with E-state index in [0.717, 1.165) is 0 Å². The summed E-state index contributed by atoms with van der Waals surface area (Å²) < 4.78 is 51.5. The molecule has 0 aromatic heterocycles. The molecule has 2 aromatic carbocycles. The number of aliphatic hydroxyl groups is 2. The van der Waals surface area contributed by atoms with Crippen LogP contribution in [0.5, 0.6) is 11.5 Å². The van der Waals surface area contributed by atoms with Gasteiger partial charge in [0.25, 0.3) is 0 Å². The summed E-state index contributed by atoms with van der Waals surface area (Å²) in [6.07, 6.45) is 0. The van der Waals surface area contributed by atoms with Gasteiger partial charge >= 0.3 is 0 Å². The summed E-state index contributed by atoms with van der Waals surface area (Å²) in [6, 6.07) is 13.8. The van der Waals surface area contributed by atoms with Gasteiger partial charge < -0.3 is 57.8 Å². The summed E-state index contributed by atoms with van der Waals surface area (Å²) in [7, 11) is -21.7. The van der Waals surface area contributed by atoms with Gasteiger partial charge in [0.1, 0.15) is 11.5 Å². The zero-order valence-electron chi connectivity index (χ0n) is 15.9. The summed E-state index contributed by atoms with van der Waals surface area (Å²) in [5.41, 5.74) is -6.17. The van der Waals surface area contributed by atoms with Crippen molar-refractivity contribution in [3.8, 4) is 11.5 Å². The maximum atomic E-state index is 11.1. The Bertz CT molecular complexity index is 971. The zero-order chi connectivity index (χ0) is 24.8. The molecular formula is C14H14O14P4W-6. The molecule has 0 spiro atoms. The van der Waals surface area contributed by atoms with Crippen LogP contribution in [-0.2, 0) is 39.3 Å². The Labute approximate surface area is 201 Å². The minimum Gasteiger partial charge on any atom is -0.809 e. The van der Waals surface area contributed by atoms with E-state index in [2.05, 4.69) is 9.05 Å². The molecule has 0 radical (unpaired) electrons. The smallest absolute Gasteiger partial charge is 0.217 e. The van der Waals surface area contributed by atoms with Crippen LogP contribution >= 0.6 is 30.4 Å². The molecule has 4 unspecified atom stereocenters. The average Bonchev–Trinajstić information content (AvgIpc) is 2.67. The summed E-state index contributed by atoms with van der Waals surface area (Å²) >= 11 is 0. The van der Waals surface area contributed by atoms with Gasteiger partial charge in [0.05, 0.1) is 0 Å². The first kappa shape index (κ1) is 32.3. The Balaban J connectivity index is 0.000000602. The van der Waals surface area contributed by atoms with Crippen LogP contribution < -0.4 is 38.4 Å². The minimum atomic E-state index is -5.66. The van der Waals surface area contributed by atoms with Gasteiger partial charge in [-0.15, -0.1) is 0 Å². The van der Waals surface area contributed by atoms with Crippen LogP contribution in [0.3, 0.4) is 0 Å². The van der Waals surface area contributed by atoms with E-state index in [1.54, 1.807) is 12.1 Å². The first-order valence-corrected chi connectivity index (χ1v) is 14.4. The summed E-state index contributed by atoms with van der Waals surface area (Å²) in [5.74, 6) is -0.373. The van der Waals surface area contributed by atoms with E-state index in [-0.39, 0.29) is 32.6 Å². The topological polar surface area (TPSA) is 266 Å². The molecule has 0 fully saturated rings. The third-order valence-electron chi connectivity index (χ3n) is 3.08. The van der Waals surface area contributed by atoms with Gasteiger partial charge in [-0.25, -0.2) is 0 Å². The second-order valence-corrected chi connectivity index (χ2v) is 13.1. The van der Waals surface area contributed by atoms with Crippen LogP contribution in [0.15, 0.2) is 60.7 Å². The van der Waals surface area contributed by atoms with Crippen molar-refractivity contribution in [1.29, 1.82) is 0 Å². The van der Waals surface area contributed by atoms with Crippen molar-refractivity contribution in [2.45, 2.75) is 11.2 Å². The Morgan fingerprint density at radius 2 is 0.818 bits per heavy atom. The number of rotatable bonds is 8. The molecule has 0 bridgehead atoms. The third kappa shape index (κ3) is 11.1. The van der Waals surface area contributed by atoms with E-state index in [4.69, 9.17) is 10.2 Å². The van der Waals surface area contributed by atoms with Gasteiger partial charge in [-0.2, -0.15) is 0 Å². The van der Waals surface area contributed by atoms with E-state index < -0.39 is 41.6 Å². The second-order valence-electron chi connectivity index (χ2n) is 5.66. The Morgan fingerprint density at radius 1 is 0.576 bits per heavy atom. The number of aliphatic hydroxyl groups excluding tert-OH is 2. The summed E-state index contributed by atoms with van der Waals surface area (Å²) in [6.45, 7) is 0. The molecule has 0 amide bonds. The van der Waals surface area contributed by atoms with E-state index in [1.165, 1.54) is 48.5 Å². The average molecular weight is 714 g/mol. The maximum Gasteiger partial charge on any atom is 0.217 e. The van der Waals surface area contributed by atoms with Crippen molar-refractivity contribution in [3.05, 3.63) is 60.7 Å². The Morgan fingerprint density at radius 3 is 1.03 bits per heavy atom. The summed E-state index contributed by atoms with van der Waals surface area (Å²) in [5, 5.41) is 17.6. The van der Waals surface area contributed by atoms with Gasteiger partial charge in [0.2, 0.25) is 15.2 Å². The summed E-state index contributed by atoms with van der Waals surface area (Å²) in [4.78, 5) is 63.6.